The molecule has 0 aromatic heterocycles. The van der Waals surface area contributed by atoms with Gasteiger partial charge < -0.3 is 10.6 Å². The van der Waals surface area contributed by atoms with Crippen LogP contribution in [0, 0.1) is 27.7 Å². The van der Waals surface area contributed by atoms with E-state index in [1.807, 2.05) is 88.4 Å². The van der Waals surface area contributed by atoms with Gasteiger partial charge in [-0.3, -0.25) is 9.59 Å². The summed E-state index contributed by atoms with van der Waals surface area (Å²) in [6, 6.07) is 19.3. The van der Waals surface area contributed by atoms with Crippen LogP contribution in [0.25, 0.3) is 0 Å². The molecule has 0 heterocycles. The summed E-state index contributed by atoms with van der Waals surface area (Å²) in [5.74, 6) is -0.161. The Kier molecular flexibility index (Phi) is 6.68. The summed E-state index contributed by atoms with van der Waals surface area (Å²) in [6.45, 7) is 8.99. The van der Waals surface area contributed by atoms with E-state index in [-0.39, 0.29) is 11.8 Å². The van der Waals surface area contributed by atoms with Gasteiger partial charge >= 0.3 is 0 Å². The average Bonchev–Trinajstić information content (AvgIpc) is 2.74. The molecule has 0 fully saturated rings. The molecule has 4 heteroatoms. The van der Waals surface area contributed by atoms with Gasteiger partial charge in [-0.2, -0.15) is 0 Å². The quantitative estimate of drug-likeness (QED) is 0.626. The zero-order valence-electron chi connectivity index (χ0n) is 18.0. The zero-order chi connectivity index (χ0) is 21.7. The maximum Gasteiger partial charge on any atom is 0.251 e. The second-order valence-corrected chi connectivity index (χ2v) is 7.78. The van der Waals surface area contributed by atoms with E-state index < -0.39 is 0 Å². The SMILES string of the molecule is Cc1ccc(C(=O)NCc2ccc(CNC(=O)c3ccc(C)c(C)c3)cc2)cc1C. The molecule has 0 aliphatic heterocycles. The van der Waals surface area contributed by atoms with Gasteiger partial charge in [-0.1, -0.05) is 36.4 Å². The fourth-order valence-electron chi connectivity index (χ4n) is 3.11. The maximum absolute atomic E-state index is 12.3. The third-order valence-corrected chi connectivity index (χ3v) is 5.47. The predicted octanol–water partition coefficient (Wildman–Crippen LogP) is 4.78. The molecule has 0 aliphatic rings. The largest absolute Gasteiger partial charge is 0.348 e. The van der Waals surface area contributed by atoms with Crippen LogP contribution in [0.15, 0.2) is 60.7 Å². The van der Waals surface area contributed by atoms with Gasteiger partial charge in [0.2, 0.25) is 0 Å². The lowest BCUT2D eigenvalue weighted by molar-refractivity contribution is 0.0942. The minimum Gasteiger partial charge on any atom is -0.348 e. The number of rotatable bonds is 6. The number of benzene rings is 3. The van der Waals surface area contributed by atoms with Crippen molar-refractivity contribution in [2.24, 2.45) is 0 Å². The normalized spacial score (nSPS) is 10.5. The minimum absolute atomic E-state index is 0.0807. The van der Waals surface area contributed by atoms with E-state index in [1.54, 1.807) is 0 Å². The molecule has 3 rings (SSSR count). The molecule has 0 spiro atoms. The Bertz CT molecular complexity index is 982. The van der Waals surface area contributed by atoms with E-state index in [0.717, 1.165) is 22.3 Å². The molecular formula is C26H28N2O2. The second kappa shape index (κ2) is 9.40. The fraction of sp³-hybridized carbons (Fsp3) is 0.231. The summed E-state index contributed by atoms with van der Waals surface area (Å²) >= 11 is 0. The summed E-state index contributed by atoms with van der Waals surface area (Å²) < 4.78 is 0. The van der Waals surface area contributed by atoms with Gasteiger partial charge in [0, 0.05) is 24.2 Å². The Morgan fingerprint density at radius 3 is 1.27 bits per heavy atom. The number of hydrogen-bond acceptors (Lipinski definition) is 2. The highest BCUT2D eigenvalue weighted by Gasteiger charge is 2.08. The predicted molar refractivity (Wildman–Crippen MR) is 121 cm³/mol. The van der Waals surface area contributed by atoms with Gasteiger partial charge in [-0.25, -0.2) is 0 Å². The molecule has 4 nitrogen and oxygen atoms in total. The van der Waals surface area contributed by atoms with Gasteiger partial charge in [-0.05, 0) is 85.3 Å². The molecule has 0 atom stereocenters. The molecule has 2 N–H and O–H groups in total. The summed E-state index contributed by atoms with van der Waals surface area (Å²) in [5, 5.41) is 5.91. The number of carbonyl (C=O) groups excluding carboxylic acids is 2. The van der Waals surface area contributed by atoms with Crippen molar-refractivity contribution in [1.82, 2.24) is 10.6 Å². The third-order valence-electron chi connectivity index (χ3n) is 5.47. The van der Waals surface area contributed by atoms with Crippen molar-refractivity contribution >= 4 is 11.8 Å². The van der Waals surface area contributed by atoms with Crippen molar-refractivity contribution in [3.05, 3.63) is 105 Å². The van der Waals surface area contributed by atoms with Crippen LogP contribution in [-0.4, -0.2) is 11.8 Å². The van der Waals surface area contributed by atoms with Crippen molar-refractivity contribution in [2.45, 2.75) is 40.8 Å². The van der Waals surface area contributed by atoms with E-state index in [0.29, 0.717) is 24.2 Å². The van der Waals surface area contributed by atoms with Crippen LogP contribution in [0.1, 0.15) is 54.1 Å². The van der Waals surface area contributed by atoms with Gasteiger partial charge in [-0.15, -0.1) is 0 Å². The molecule has 0 radical (unpaired) electrons. The van der Waals surface area contributed by atoms with E-state index in [9.17, 15) is 9.59 Å². The summed E-state index contributed by atoms with van der Waals surface area (Å²) in [5.41, 5.74) is 7.92. The Morgan fingerprint density at radius 2 is 0.933 bits per heavy atom. The van der Waals surface area contributed by atoms with Gasteiger partial charge in [0.25, 0.3) is 11.8 Å². The van der Waals surface area contributed by atoms with Gasteiger partial charge in [0.05, 0.1) is 0 Å². The summed E-state index contributed by atoms with van der Waals surface area (Å²) in [4.78, 5) is 24.7. The highest BCUT2D eigenvalue weighted by Crippen LogP contribution is 2.12. The Hall–Kier alpha value is -3.40. The second-order valence-electron chi connectivity index (χ2n) is 7.78. The van der Waals surface area contributed by atoms with Gasteiger partial charge in [0.1, 0.15) is 0 Å². The number of hydrogen-bond donors (Lipinski definition) is 2. The van der Waals surface area contributed by atoms with Crippen LogP contribution in [-0.2, 0) is 13.1 Å². The number of amides is 2. The van der Waals surface area contributed by atoms with Crippen LogP contribution in [0.2, 0.25) is 0 Å². The van der Waals surface area contributed by atoms with E-state index in [2.05, 4.69) is 10.6 Å². The highest BCUT2D eigenvalue weighted by molar-refractivity contribution is 5.95. The monoisotopic (exact) mass is 400 g/mol. The first-order valence-corrected chi connectivity index (χ1v) is 10.1. The van der Waals surface area contributed by atoms with Crippen molar-refractivity contribution in [3.63, 3.8) is 0 Å². The lowest BCUT2D eigenvalue weighted by Crippen LogP contribution is -2.23. The molecule has 154 valence electrons. The molecule has 0 bridgehead atoms. The number of nitrogens with one attached hydrogen (secondary N) is 2. The molecule has 0 saturated carbocycles. The highest BCUT2D eigenvalue weighted by atomic mass is 16.2. The van der Waals surface area contributed by atoms with E-state index in [4.69, 9.17) is 0 Å². The molecule has 3 aromatic rings. The number of aryl methyl sites for hydroxylation is 4. The van der Waals surface area contributed by atoms with E-state index >= 15 is 0 Å². The van der Waals surface area contributed by atoms with Crippen molar-refractivity contribution in [2.75, 3.05) is 0 Å². The minimum atomic E-state index is -0.0807. The maximum atomic E-state index is 12.3. The summed E-state index contributed by atoms with van der Waals surface area (Å²) in [6.07, 6.45) is 0. The molecule has 3 aromatic carbocycles. The topological polar surface area (TPSA) is 58.2 Å². The lowest BCUT2D eigenvalue weighted by atomic mass is 10.1. The van der Waals surface area contributed by atoms with Gasteiger partial charge in [0.15, 0.2) is 0 Å². The first-order chi connectivity index (χ1) is 14.3. The molecule has 30 heavy (non-hydrogen) atoms. The molecule has 0 unspecified atom stereocenters. The van der Waals surface area contributed by atoms with Crippen molar-refractivity contribution in [3.8, 4) is 0 Å². The molecule has 0 saturated heterocycles. The van der Waals surface area contributed by atoms with Crippen LogP contribution < -0.4 is 10.6 Å². The van der Waals surface area contributed by atoms with Crippen LogP contribution in [0.5, 0.6) is 0 Å². The van der Waals surface area contributed by atoms with Crippen molar-refractivity contribution < 1.29 is 9.59 Å². The number of carbonyl (C=O) groups is 2. The van der Waals surface area contributed by atoms with E-state index in [1.165, 1.54) is 11.1 Å². The standard InChI is InChI=1S/C26H28N2O2/c1-17-5-11-23(13-19(17)3)25(29)27-15-21-7-9-22(10-8-21)16-28-26(30)24-12-6-18(2)20(4)14-24/h5-14H,15-16H2,1-4H3,(H,27,29)(H,28,30). The molecule has 2 amide bonds. The van der Waals surface area contributed by atoms with Crippen LogP contribution in [0.3, 0.4) is 0 Å². The first kappa shape index (κ1) is 21.3. The molecular weight excluding hydrogens is 372 g/mol. The smallest absolute Gasteiger partial charge is 0.251 e. The Morgan fingerprint density at radius 1 is 0.567 bits per heavy atom. The van der Waals surface area contributed by atoms with Crippen LogP contribution in [0.4, 0.5) is 0 Å². The fourth-order valence-corrected chi connectivity index (χ4v) is 3.11. The van der Waals surface area contributed by atoms with Crippen molar-refractivity contribution in [1.29, 1.82) is 0 Å². The average molecular weight is 401 g/mol. The third kappa shape index (κ3) is 5.35. The lowest BCUT2D eigenvalue weighted by Gasteiger charge is -2.09. The zero-order valence-corrected chi connectivity index (χ0v) is 18.0. The van der Waals surface area contributed by atoms with Crippen LogP contribution >= 0.6 is 0 Å². The molecule has 0 aliphatic carbocycles. The summed E-state index contributed by atoms with van der Waals surface area (Å²) in [7, 11) is 0. The Balaban J connectivity index is 1.52. The Labute approximate surface area is 178 Å². The first-order valence-electron chi connectivity index (χ1n) is 10.1.